The molecule has 0 aliphatic heterocycles. The van der Waals surface area contributed by atoms with Gasteiger partial charge in [-0.25, -0.2) is 4.98 Å². The summed E-state index contributed by atoms with van der Waals surface area (Å²) in [6.07, 6.45) is 0. The average Bonchev–Trinajstić information content (AvgIpc) is 2.95. The standard InChI is InChI=1S/C16H19BrN4O2S/c1-3-21(16(23)15-10(2)24-14(8-18)20-15)9-13(22)19-12-6-4-11(17)5-7-12/h4-7H,3,8-9,18H2,1-2H3,(H,19,22). The summed E-state index contributed by atoms with van der Waals surface area (Å²) in [7, 11) is 0. The maximum atomic E-state index is 12.6. The van der Waals surface area contributed by atoms with E-state index >= 15 is 0 Å². The Morgan fingerprint density at radius 2 is 2.00 bits per heavy atom. The largest absolute Gasteiger partial charge is 0.328 e. The van der Waals surface area contributed by atoms with E-state index in [1.165, 1.54) is 16.2 Å². The number of likely N-dealkylation sites (N-methyl/N-ethyl adjacent to an activating group) is 1. The second-order valence-corrected chi connectivity index (χ2v) is 7.29. The van der Waals surface area contributed by atoms with Crippen LogP contribution in [0, 0.1) is 6.92 Å². The van der Waals surface area contributed by atoms with Crippen molar-refractivity contribution >= 4 is 44.8 Å². The fourth-order valence-electron chi connectivity index (χ4n) is 2.12. The van der Waals surface area contributed by atoms with Crippen LogP contribution in [0.3, 0.4) is 0 Å². The summed E-state index contributed by atoms with van der Waals surface area (Å²) in [4.78, 5) is 31.3. The third-order valence-corrected chi connectivity index (χ3v) is 4.87. The Kier molecular flexibility index (Phi) is 6.47. The Hall–Kier alpha value is -1.77. The second-order valence-electron chi connectivity index (χ2n) is 5.09. The van der Waals surface area contributed by atoms with Gasteiger partial charge in [-0.05, 0) is 38.1 Å². The molecular formula is C16H19BrN4O2S. The number of hydrogen-bond donors (Lipinski definition) is 2. The van der Waals surface area contributed by atoms with E-state index < -0.39 is 0 Å². The molecule has 6 nitrogen and oxygen atoms in total. The van der Waals surface area contributed by atoms with Crippen LogP contribution < -0.4 is 11.1 Å². The molecule has 1 aromatic carbocycles. The predicted molar refractivity (Wildman–Crippen MR) is 99.1 cm³/mol. The maximum Gasteiger partial charge on any atom is 0.274 e. The molecule has 3 N–H and O–H groups in total. The van der Waals surface area contributed by atoms with Crippen molar-refractivity contribution in [2.24, 2.45) is 5.73 Å². The van der Waals surface area contributed by atoms with Gasteiger partial charge < -0.3 is 16.0 Å². The van der Waals surface area contributed by atoms with Crippen LogP contribution in [0.4, 0.5) is 5.69 Å². The molecule has 0 saturated carbocycles. The Morgan fingerprint density at radius 1 is 1.33 bits per heavy atom. The van der Waals surface area contributed by atoms with Crippen molar-refractivity contribution in [2.75, 3.05) is 18.4 Å². The van der Waals surface area contributed by atoms with Crippen LogP contribution in [-0.2, 0) is 11.3 Å². The van der Waals surface area contributed by atoms with E-state index in [0.717, 1.165) is 9.35 Å². The van der Waals surface area contributed by atoms with Gasteiger partial charge in [0.2, 0.25) is 5.91 Å². The number of rotatable bonds is 6. The van der Waals surface area contributed by atoms with Crippen molar-refractivity contribution in [3.8, 4) is 0 Å². The number of carbonyl (C=O) groups excluding carboxylic acids is 2. The Bertz CT molecular complexity index is 730. The van der Waals surface area contributed by atoms with E-state index in [2.05, 4.69) is 26.2 Å². The lowest BCUT2D eigenvalue weighted by atomic mass is 10.3. The number of nitrogens with two attached hydrogens (primary N) is 1. The number of halogens is 1. The van der Waals surface area contributed by atoms with Crippen LogP contribution in [0.25, 0.3) is 0 Å². The first kappa shape index (κ1) is 18.6. The van der Waals surface area contributed by atoms with Crippen molar-refractivity contribution < 1.29 is 9.59 Å². The molecule has 0 saturated heterocycles. The lowest BCUT2D eigenvalue weighted by Crippen LogP contribution is -2.38. The summed E-state index contributed by atoms with van der Waals surface area (Å²) >= 11 is 4.75. The van der Waals surface area contributed by atoms with Gasteiger partial charge in [0.1, 0.15) is 17.2 Å². The first-order chi connectivity index (χ1) is 11.4. The molecule has 0 fully saturated rings. The van der Waals surface area contributed by atoms with Crippen molar-refractivity contribution in [3.63, 3.8) is 0 Å². The summed E-state index contributed by atoms with van der Waals surface area (Å²) in [5.74, 6) is -0.503. The number of nitrogens with one attached hydrogen (secondary N) is 1. The smallest absolute Gasteiger partial charge is 0.274 e. The van der Waals surface area contributed by atoms with Gasteiger partial charge >= 0.3 is 0 Å². The number of amides is 2. The van der Waals surface area contributed by atoms with Crippen LogP contribution in [-0.4, -0.2) is 34.8 Å². The highest BCUT2D eigenvalue weighted by molar-refractivity contribution is 9.10. The molecule has 2 rings (SSSR count). The third-order valence-electron chi connectivity index (χ3n) is 3.35. The minimum absolute atomic E-state index is 0.0275. The van der Waals surface area contributed by atoms with E-state index in [9.17, 15) is 9.59 Å². The normalized spacial score (nSPS) is 10.5. The summed E-state index contributed by atoms with van der Waals surface area (Å²) < 4.78 is 0.931. The molecular weight excluding hydrogens is 392 g/mol. The molecule has 24 heavy (non-hydrogen) atoms. The number of nitrogens with zero attached hydrogens (tertiary/aromatic N) is 2. The predicted octanol–water partition coefficient (Wildman–Crippen LogP) is 2.77. The minimum Gasteiger partial charge on any atom is -0.328 e. The van der Waals surface area contributed by atoms with Gasteiger partial charge in [0.25, 0.3) is 5.91 Å². The van der Waals surface area contributed by atoms with E-state index in [0.29, 0.717) is 29.5 Å². The van der Waals surface area contributed by atoms with Gasteiger partial charge in [-0.2, -0.15) is 0 Å². The maximum absolute atomic E-state index is 12.6. The highest BCUT2D eigenvalue weighted by Crippen LogP contribution is 2.19. The van der Waals surface area contributed by atoms with Crippen molar-refractivity contribution in [2.45, 2.75) is 20.4 Å². The molecule has 2 amide bonds. The zero-order chi connectivity index (χ0) is 17.7. The Morgan fingerprint density at radius 3 is 2.54 bits per heavy atom. The zero-order valence-electron chi connectivity index (χ0n) is 13.5. The lowest BCUT2D eigenvalue weighted by molar-refractivity contribution is -0.116. The number of thiazole rings is 1. The highest BCUT2D eigenvalue weighted by atomic mass is 79.9. The van der Waals surface area contributed by atoms with E-state index in [1.807, 2.05) is 26.0 Å². The molecule has 0 unspecified atom stereocenters. The quantitative estimate of drug-likeness (QED) is 0.765. The van der Waals surface area contributed by atoms with Crippen LogP contribution in [0.1, 0.15) is 27.3 Å². The van der Waals surface area contributed by atoms with Crippen molar-refractivity contribution in [3.05, 3.63) is 44.3 Å². The Labute approximate surface area is 153 Å². The summed E-state index contributed by atoms with van der Waals surface area (Å²) in [6.45, 7) is 4.35. The zero-order valence-corrected chi connectivity index (χ0v) is 15.9. The molecule has 8 heteroatoms. The van der Waals surface area contributed by atoms with E-state index in [4.69, 9.17) is 5.73 Å². The van der Waals surface area contributed by atoms with Crippen LogP contribution in [0.5, 0.6) is 0 Å². The van der Waals surface area contributed by atoms with Gasteiger partial charge in [0.05, 0.1) is 0 Å². The van der Waals surface area contributed by atoms with E-state index in [-0.39, 0.29) is 18.4 Å². The molecule has 0 aliphatic rings. The second kappa shape index (κ2) is 8.36. The van der Waals surface area contributed by atoms with Gasteiger partial charge in [-0.15, -0.1) is 11.3 Å². The SMILES string of the molecule is CCN(CC(=O)Nc1ccc(Br)cc1)C(=O)c1nc(CN)sc1C. The van der Waals surface area contributed by atoms with Gasteiger partial charge in [-0.3, -0.25) is 9.59 Å². The fourth-order valence-corrected chi connectivity index (χ4v) is 3.19. The topological polar surface area (TPSA) is 88.3 Å². The number of benzene rings is 1. The molecule has 1 aromatic heterocycles. The summed E-state index contributed by atoms with van der Waals surface area (Å²) in [5, 5.41) is 3.49. The number of aromatic nitrogens is 1. The van der Waals surface area contributed by atoms with Crippen LogP contribution >= 0.6 is 27.3 Å². The fraction of sp³-hybridized carbons (Fsp3) is 0.312. The van der Waals surface area contributed by atoms with Gasteiger partial charge in [0.15, 0.2) is 0 Å². The van der Waals surface area contributed by atoms with Gasteiger partial charge in [-0.1, -0.05) is 15.9 Å². The van der Waals surface area contributed by atoms with Crippen LogP contribution in [0.15, 0.2) is 28.7 Å². The van der Waals surface area contributed by atoms with E-state index in [1.54, 1.807) is 12.1 Å². The van der Waals surface area contributed by atoms with Gasteiger partial charge in [0, 0.05) is 28.1 Å². The van der Waals surface area contributed by atoms with Crippen molar-refractivity contribution in [1.29, 1.82) is 0 Å². The molecule has 0 atom stereocenters. The van der Waals surface area contributed by atoms with Crippen molar-refractivity contribution in [1.82, 2.24) is 9.88 Å². The average molecular weight is 411 g/mol. The molecule has 0 bridgehead atoms. The highest BCUT2D eigenvalue weighted by Gasteiger charge is 2.22. The molecule has 0 spiro atoms. The molecule has 2 aromatic rings. The first-order valence-electron chi connectivity index (χ1n) is 7.45. The first-order valence-corrected chi connectivity index (χ1v) is 9.06. The molecule has 1 heterocycles. The minimum atomic E-state index is -0.253. The molecule has 0 radical (unpaired) electrons. The number of carbonyl (C=O) groups is 2. The molecule has 0 aliphatic carbocycles. The third kappa shape index (κ3) is 4.62. The Balaban J connectivity index is 2.04. The monoisotopic (exact) mass is 410 g/mol. The lowest BCUT2D eigenvalue weighted by Gasteiger charge is -2.19. The number of hydrogen-bond acceptors (Lipinski definition) is 5. The summed E-state index contributed by atoms with van der Waals surface area (Å²) in [6, 6.07) is 7.26. The van der Waals surface area contributed by atoms with Crippen LogP contribution in [0.2, 0.25) is 0 Å². The number of aryl methyl sites for hydroxylation is 1. The summed E-state index contributed by atoms with van der Waals surface area (Å²) in [5.41, 5.74) is 6.63. The molecule has 128 valence electrons. The number of anilines is 1.